The third kappa shape index (κ3) is 2.13. The predicted octanol–water partition coefficient (Wildman–Crippen LogP) is 2.76. The van der Waals surface area contributed by atoms with Crippen molar-refractivity contribution in [3.8, 4) is 11.8 Å². The average Bonchev–Trinajstić information content (AvgIpc) is 2.80. The van der Waals surface area contributed by atoms with Gasteiger partial charge in [-0.15, -0.1) is 0 Å². The summed E-state index contributed by atoms with van der Waals surface area (Å²) in [5, 5.41) is 8.73. The number of aromatic nitrogens is 2. The molecule has 0 unspecified atom stereocenters. The van der Waals surface area contributed by atoms with Crippen LogP contribution in [-0.2, 0) is 6.18 Å². The van der Waals surface area contributed by atoms with Crippen molar-refractivity contribution >= 4 is 0 Å². The lowest BCUT2D eigenvalue weighted by atomic mass is 10.1. The summed E-state index contributed by atoms with van der Waals surface area (Å²) in [6.45, 7) is 0. The molecule has 1 aromatic heterocycles. The number of benzene rings is 1. The van der Waals surface area contributed by atoms with Gasteiger partial charge in [-0.25, -0.2) is 4.98 Å². The van der Waals surface area contributed by atoms with Crippen molar-refractivity contribution in [3.63, 3.8) is 0 Å². The van der Waals surface area contributed by atoms with E-state index in [1.807, 2.05) is 0 Å². The molecule has 0 N–H and O–H groups in total. The first-order chi connectivity index (χ1) is 8.02. The first-order valence-corrected chi connectivity index (χ1v) is 4.62. The second-order valence-corrected chi connectivity index (χ2v) is 3.31. The van der Waals surface area contributed by atoms with Crippen molar-refractivity contribution in [1.29, 1.82) is 5.26 Å². The lowest BCUT2D eigenvalue weighted by Gasteiger charge is -2.10. The molecule has 0 fully saturated rings. The van der Waals surface area contributed by atoms with E-state index in [-0.39, 0.29) is 0 Å². The molecule has 3 nitrogen and oxygen atoms in total. The maximum Gasteiger partial charge on any atom is 0.417 e. The van der Waals surface area contributed by atoms with Crippen LogP contribution in [-0.4, -0.2) is 9.55 Å². The summed E-state index contributed by atoms with van der Waals surface area (Å²) in [6, 6.07) is 4.93. The van der Waals surface area contributed by atoms with Gasteiger partial charge in [0.25, 0.3) is 0 Å². The van der Waals surface area contributed by atoms with Crippen LogP contribution in [0.4, 0.5) is 13.2 Å². The van der Waals surface area contributed by atoms with Gasteiger partial charge in [0.2, 0.25) is 0 Å². The third-order valence-corrected chi connectivity index (χ3v) is 2.23. The van der Waals surface area contributed by atoms with Crippen LogP contribution in [0.15, 0.2) is 36.9 Å². The topological polar surface area (TPSA) is 41.6 Å². The normalized spacial score (nSPS) is 11.2. The Morgan fingerprint density at radius 3 is 2.59 bits per heavy atom. The molecular formula is C11H6F3N3. The molecule has 0 atom stereocenters. The van der Waals surface area contributed by atoms with E-state index in [0.29, 0.717) is 5.69 Å². The quantitative estimate of drug-likeness (QED) is 0.765. The number of hydrogen-bond acceptors (Lipinski definition) is 2. The van der Waals surface area contributed by atoms with Crippen LogP contribution in [0.5, 0.6) is 0 Å². The number of hydrogen-bond donors (Lipinski definition) is 0. The minimum absolute atomic E-state index is 0.399. The van der Waals surface area contributed by atoms with Crippen molar-refractivity contribution in [2.45, 2.75) is 6.18 Å². The zero-order valence-corrected chi connectivity index (χ0v) is 8.44. The van der Waals surface area contributed by atoms with Crippen molar-refractivity contribution < 1.29 is 13.2 Å². The Kier molecular flexibility index (Phi) is 2.60. The lowest BCUT2D eigenvalue weighted by molar-refractivity contribution is -0.137. The molecule has 2 aromatic rings. The molecule has 1 aromatic carbocycles. The molecule has 6 heteroatoms. The standard InChI is InChI=1S/C11H6F3N3/c12-11(13,14)10-2-1-9(5-8(10)6-15)17-4-3-16-7-17/h1-5,7H. The van der Waals surface area contributed by atoms with Gasteiger partial charge in [0.1, 0.15) is 0 Å². The van der Waals surface area contributed by atoms with Gasteiger partial charge >= 0.3 is 6.18 Å². The van der Waals surface area contributed by atoms with Gasteiger partial charge in [-0.2, -0.15) is 18.4 Å². The largest absolute Gasteiger partial charge is 0.417 e. The Labute approximate surface area is 94.7 Å². The summed E-state index contributed by atoms with van der Waals surface area (Å²) in [5.74, 6) is 0. The van der Waals surface area contributed by atoms with E-state index in [4.69, 9.17) is 5.26 Å². The van der Waals surface area contributed by atoms with Crippen LogP contribution < -0.4 is 0 Å². The molecule has 0 radical (unpaired) electrons. The number of halogens is 3. The Balaban J connectivity index is 2.54. The first kappa shape index (κ1) is 11.2. The van der Waals surface area contributed by atoms with Crippen molar-refractivity contribution in [2.24, 2.45) is 0 Å². The van der Waals surface area contributed by atoms with Crippen molar-refractivity contribution in [2.75, 3.05) is 0 Å². The monoisotopic (exact) mass is 237 g/mol. The fourth-order valence-corrected chi connectivity index (χ4v) is 1.44. The van der Waals surface area contributed by atoms with Crippen LogP contribution in [0.1, 0.15) is 11.1 Å². The number of imidazole rings is 1. The van der Waals surface area contributed by atoms with Gasteiger partial charge in [0.15, 0.2) is 0 Å². The molecule has 2 rings (SSSR count). The van der Waals surface area contributed by atoms with Crippen molar-refractivity contribution in [1.82, 2.24) is 9.55 Å². The molecule has 0 spiro atoms. The van der Waals surface area contributed by atoms with E-state index in [9.17, 15) is 13.2 Å². The highest BCUT2D eigenvalue weighted by Gasteiger charge is 2.33. The highest BCUT2D eigenvalue weighted by molar-refractivity contribution is 5.47. The summed E-state index contributed by atoms with van der Waals surface area (Å²) in [5.41, 5.74) is -0.861. The van der Waals surface area contributed by atoms with E-state index in [0.717, 1.165) is 6.07 Å². The predicted molar refractivity (Wildman–Crippen MR) is 53.3 cm³/mol. The van der Waals surface area contributed by atoms with Crippen LogP contribution in [0.3, 0.4) is 0 Å². The molecule has 0 aliphatic rings. The molecule has 0 aliphatic carbocycles. The molecule has 17 heavy (non-hydrogen) atoms. The molecule has 0 amide bonds. The second kappa shape index (κ2) is 3.94. The Morgan fingerprint density at radius 2 is 2.06 bits per heavy atom. The second-order valence-electron chi connectivity index (χ2n) is 3.31. The van der Waals surface area contributed by atoms with Crippen LogP contribution in [0.2, 0.25) is 0 Å². The smallest absolute Gasteiger partial charge is 0.306 e. The van der Waals surface area contributed by atoms with Gasteiger partial charge in [-0.1, -0.05) is 0 Å². The minimum atomic E-state index is -4.52. The van der Waals surface area contributed by atoms with E-state index in [1.165, 1.54) is 29.2 Å². The van der Waals surface area contributed by atoms with Crippen LogP contribution in [0, 0.1) is 11.3 Å². The van der Waals surface area contributed by atoms with Crippen LogP contribution in [0.25, 0.3) is 5.69 Å². The number of nitriles is 1. The fraction of sp³-hybridized carbons (Fsp3) is 0.0909. The Morgan fingerprint density at radius 1 is 1.29 bits per heavy atom. The van der Waals surface area contributed by atoms with Crippen molar-refractivity contribution in [3.05, 3.63) is 48.0 Å². The SMILES string of the molecule is N#Cc1cc(-n2ccnc2)ccc1C(F)(F)F. The van der Waals surface area contributed by atoms with Gasteiger partial charge in [0.05, 0.1) is 23.5 Å². The number of nitrogens with zero attached hydrogens (tertiary/aromatic N) is 3. The van der Waals surface area contributed by atoms with Gasteiger partial charge in [0, 0.05) is 18.1 Å². The van der Waals surface area contributed by atoms with E-state index in [1.54, 1.807) is 12.3 Å². The van der Waals surface area contributed by atoms with Crippen LogP contribution >= 0.6 is 0 Å². The summed E-state index contributed by atoms with van der Waals surface area (Å²) in [4.78, 5) is 3.78. The van der Waals surface area contributed by atoms with Gasteiger partial charge in [-0.3, -0.25) is 0 Å². The van der Waals surface area contributed by atoms with Gasteiger partial charge < -0.3 is 4.57 Å². The average molecular weight is 237 g/mol. The summed E-state index contributed by atoms with van der Waals surface area (Å²) >= 11 is 0. The zero-order valence-electron chi connectivity index (χ0n) is 8.44. The van der Waals surface area contributed by atoms with E-state index < -0.39 is 17.3 Å². The highest BCUT2D eigenvalue weighted by Crippen LogP contribution is 2.32. The molecule has 0 saturated carbocycles. The summed E-state index contributed by atoms with van der Waals surface area (Å²) in [7, 11) is 0. The lowest BCUT2D eigenvalue weighted by Crippen LogP contribution is -2.08. The minimum Gasteiger partial charge on any atom is -0.306 e. The molecule has 0 aliphatic heterocycles. The molecule has 0 saturated heterocycles. The molecule has 86 valence electrons. The fourth-order valence-electron chi connectivity index (χ4n) is 1.44. The first-order valence-electron chi connectivity index (χ1n) is 4.62. The summed E-state index contributed by atoms with van der Waals surface area (Å²) < 4.78 is 39.1. The molecule has 0 bridgehead atoms. The Hall–Kier alpha value is -2.29. The Bertz CT molecular complexity index is 565. The number of alkyl halides is 3. The van der Waals surface area contributed by atoms with Gasteiger partial charge in [-0.05, 0) is 18.2 Å². The third-order valence-electron chi connectivity index (χ3n) is 2.23. The van der Waals surface area contributed by atoms with E-state index >= 15 is 0 Å². The summed E-state index contributed by atoms with van der Waals surface area (Å²) in [6.07, 6.45) is 0.0236. The van der Waals surface area contributed by atoms with E-state index in [2.05, 4.69) is 4.98 Å². The maximum atomic E-state index is 12.5. The maximum absolute atomic E-state index is 12.5. The highest BCUT2D eigenvalue weighted by atomic mass is 19.4. The number of rotatable bonds is 1. The molecular weight excluding hydrogens is 231 g/mol. The molecule has 1 heterocycles. The zero-order chi connectivity index (χ0) is 12.5.